The zero-order chi connectivity index (χ0) is 14.1. The third-order valence-corrected chi connectivity index (χ3v) is 4.22. The fourth-order valence-corrected chi connectivity index (χ4v) is 2.84. The molecule has 0 aliphatic carbocycles. The lowest BCUT2D eigenvalue weighted by Crippen LogP contribution is -1.96. The molecular formula is C18H17ClO. The molecule has 0 aliphatic rings. The van der Waals surface area contributed by atoms with Crippen molar-refractivity contribution in [1.82, 2.24) is 0 Å². The van der Waals surface area contributed by atoms with Crippen molar-refractivity contribution in [3.05, 3.63) is 71.0 Å². The summed E-state index contributed by atoms with van der Waals surface area (Å²) in [4.78, 5) is 0. The number of alkyl halides is 1. The molecule has 0 radical (unpaired) electrons. The van der Waals surface area contributed by atoms with Crippen molar-refractivity contribution in [3.63, 3.8) is 0 Å². The topological polar surface area (TPSA) is 13.1 Å². The van der Waals surface area contributed by atoms with E-state index in [1.54, 1.807) is 6.26 Å². The Labute approximate surface area is 124 Å². The lowest BCUT2D eigenvalue weighted by atomic mass is 10.00. The second kappa shape index (κ2) is 5.34. The maximum Gasteiger partial charge on any atom is 0.134 e. The van der Waals surface area contributed by atoms with E-state index in [1.165, 1.54) is 16.7 Å². The van der Waals surface area contributed by atoms with Gasteiger partial charge in [-0.2, -0.15) is 0 Å². The second-order valence-electron chi connectivity index (χ2n) is 5.28. The molecule has 0 amide bonds. The molecule has 0 saturated heterocycles. The fourth-order valence-electron chi connectivity index (χ4n) is 2.49. The van der Waals surface area contributed by atoms with Crippen molar-refractivity contribution >= 4 is 22.6 Å². The van der Waals surface area contributed by atoms with Gasteiger partial charge in [0.05, 0.1) is 11.6 Å². The molecule has 2 heteroatoms. The Hall–Kier alpha value is -1.73. The van der Waals surface area contributed by atoms with E-state index in [0.717, 1.165) is 23.0 Å². The highest BCUT2D eigenvalue weighted by molar-refractivity contribution is 6.21. The molecular weight excluding hydrogens is 268 g/mol. The van der Waals surface area contributed by atoms with Crippen LogP contribution in [-0.2, 0) is 6.42 Å². The molecule has 20 heavy (non-hydrogen) atoms. The quantitative estimate of drug-likeness (QED) is 0.573. The fraction of sp³-hybridized carbons (Fsp3) is 0.222. The molecule has 0 saturated carbocycles. The number of aryl methyl sites for hydroxylation is 2. The number of hydrogen-bond donors (Lipinski definition) is 0. The number of para-hydroxylation sites is 1. The Kier molecular flexibility index (Phi) is 3.54. The number of rotatable bonds is 3. The van der Waals surface area contributed by atoms with Crippen molar-refractivity contribution in [2.45, 2.75) is 25.6 Å². The summed E-state index contributed by atoms with van der Waals surface area (Å²) in [6.07, 6.45) is 2.59. The van der Waals surface area contributed by atoms with Crippen molar-refractivity contribution < 1.29 is 4.42 Å². The van der Waals surface area contributed by atoms with Gasteiger partial charge in [0.25, 0.3) is 0 Å². The molecule has 3 rings (SSSR count). The SMILES string of the molecule is Cc1ccc(CC(Cl)c2coc3ccccc23)cc1C. The molecule has 0 fully saturated rings. The predicted octanol–water partition coefficient (Wildman–Crippen LogP) is 5.57. The van der Waals surface area contributed by atoms with Crippen LogP contribution in [0.1, 0.15) is 27.6 Å². The Balaban J connectivity index is 1.89. The van der Waals surface area contributed by atoms with Crippen LogP contribution in [0.25, 0.3) is 11.0 Å². The molecule has 1 nitrogen and oxygen atoms in total. The minimum atomic E-state index is -0.0687. The molecule has 1 heterocycles. The van der Waals surface area contributed by atoms with E-state index in [4.69, 9.17) is 16.0 Å². The van der Waals surface area contributed by atoms with Gasteiger partial charge in [0, 0.05) is 10.9 Å². The smallest absolute Gasteiger partial charge is 0.134 e. The summed E-state index contributed by atoms with van der Waals surface area (Å²) in [5, 5.41) is 1.04. The Morgan fingerprint density at radius 2 is 1.85 bits per heavy atom. The Morgan fingerprint density at radius 3 is 2.65 bits per heavy atom. The maximum atomic E-state index is 6.59. The summed E-state index contributed by atoms with van der Waals surface area (Å²) in [6, 6.07) is 14.5. The first-order valence-electron chi connectivity index (χ1n) is 6.81. The summed E-state index contributed by atoms with van der Waals surface area (Å²) < 4.78 is 5.57. The molecule has 2 aromatic carbocycles. The summed E-state index contributed by atoms with van der Waals surface area (Å²) in [6.45, 7) is 4.26. The summed E-state index contributed by atoms with van der Waals surface area (Å²) in [5.74, 6) is 0. The van der Waals surface area contributed by atoms with Crippen LogP contribution in [0.4, 0.5) is 0 Å². The summed E-state index contributed by atoms with van der Waals surface area (Å²) >= 11 is 6.59. The molecule has 0 spiro atoms. The van der Waals surface area contributed by atoms with Crippen LogP contribution in [-0.4, -0.2) is 0 Å². The zero-order valence-corrected chi connectivity index (χ0v) is 12.4. The normalized spacial score (nSPS) is 12.8. The number of benzene rings is 2. The summed E-state index contributed by atoms with van der Waals surface area (Å²) in [5.41, 5.74) is 5.85. The van der Waals surface area contributed by atoms with Crippen LogP contribution < -0.4 is 0 Å². The van der Waals surface area contributed by atoms with Gasteiger partial charge in [-0.05, 0) is 43.0 Å². The van der Waals surface area contributed by atoms with Gasteiger partial charge in [-0.3, -0.25) is 0 Å². The molecule has 3 aromatic rings. The van der Waals surface area contributed by atoms with E-state index in [9.17, 15) is 0 Å². The van der Waals surface area contributed by atoms with Crippen LogP contribution in [0.15, 0.2) is 53.1 Å². The van der Waals surface area contributed by atoms with E-state index < -0.39 is 0 Å². The Morgan fingerprint density at radius 1 is 1.05 bits per heavy atom. The first-order valence-corrected chi connectivity index (χ1v) is 7.25. The second-order valence-corrected chi connectivity index (χ2v) is 5.80. The van der Waals surface area contributed by atoms with Gasteiger partial charge >= 0.3 is 0 Å². The van der Waals surface area contributed by atoms with Gasteiger partial charge in [-0.25, -0.2) is 0 Å². The van der Waals surface area contributed by atoms with Gasteiger partial charge in [0.2, 0.25) is 0 Å². The van der Waals surface area contributed by atoms with Crippen LogP contribution in [0.5, 0.6) is 0 Å². The van der Waals surface area contributed by atoms with E-state index >= 15 is 0 Å². The highest BCUT2D eigenvalue weighted by Gasteiger charge is 2.15. The van der Waals surface area contributed by atoms with Gasteiger partial charge in [-0.1, -0.05) is 36.4 Å². The van der Waals surface area contributed by atoms with Crippen molar-refractivity contribution in [2.75, 3.05) is 0 Å². The number of halogens is 1. The van der Waals surface area contributed by atoms with Crippen molar-refractivity contribution in [1.29, 1.82) is 0 Å². The van der Waals surface area contributed by atoms with Crippen molar-refractivity contribution in [3.8, 4) is 0 Å². The van der Waals surface area contributed by atoms with Gasteiger partial charge in [0.1, 0.15) is 5.58 Å². The number of furan rings is 1. The molecule has 0 bridgehead atoms. The number of fused-ring (bicyclic) bond motifs is 1. The molecule has 0 aliphatic heterocycles. The first kappa shape index (κ1) is 13.3. The first-order chi connectivity index (χ1) is 9.65. The standard InChI is InChI=1S/C18H17ClO/c1-12-7-8-14(9-13(12)2)10-17(19)16-11-20-18-6-4-3-5-15(16)18/h3-9,11,17H,10H2,1-2H3. The van der Waals surface area contributed by atoms with Crippen LogP contribution in [0.3, 0.4) is 0 Å². The third-order valence-electron chi connectivity index (χ3n) is 3.83. The monoisotopic (exact) mass is 284 g/mol. The largest absolute Gasteiger partial charge is 0.464 e. The highest BCUT2D eigenvalue weighted by atomic mass is 35.5. The van der Waals surface area contributed by atoms with Gasteiger partial charge < -0.3 is 4.42 Å². The van der Waals surface area contributed by atoms with E-state index in [0.29, 0.717) is 0 Å². The maximum absolute atomic E-state index is 6.59. The van der Waals surface area contributed by atoms with E-state index in [-0.39, 0.29) is 5.38 Å². The van der Waals surface area contributed by atoms with Gasteiger partial charge in [-0.15, -0.1) is 11.6 Å². The number of hydrogen-bond acceptors (Lipinski definition) is 1. The van der Waals surface area contributed by atoms with E-state index in [2.05, 4.69) is 38.1 Å². The average molecular weight is 285 g/mol. The highest BCUT2D eigenvalue weighted by Crippen LogP contribution is 2.32. The van der Waals surface area contributed by atoms with E-state index in [1.807, 2.05) is 18.2 Å². The molecule has 102 valence electrons. The van der Waals surface area contributed by atoms with Crippen LogP contribution in [0.2, 0.25) is 0 Å². The van der Waals surface area contributed by atoms with Crippen LogP contribution in [0, 0.1) is 13.8 Å². The zero-order valence-electron chi connectivity index (χ0n) is 11.7. The van der Waals surface area contributed by atoms with Gasteiger partial charge in [0.15, 0.2) is 0 Å². The summed E-state index contributed by atoms with van der Waals surface area (Å²) in [7, 11) is 0. The van der Waals surface area contributed by atoms with Crippen molar-refractivity contribution in [2.24, 2.45) is 0 Å². The average Bonchev–Trinajstić information content (AvgIpc) is 2.87. The Bertz CT molecular complexity index is 742. The molecule has 0 N–H and O–H groups in total. The third kappa shape index (κ3) is 2.46. The molecule has 1 unspecified atom stereocenters. The van der Waals surface area contributed by atoms with Crippen LogP contribution >= 0.6 is 11.6 Å². The lowest BCUT2D eigenvalue weighted by Gasteiger charge is -2.10. The molecule has 1 aromatic heterocycles. The minimum Gasteiger partial charge on any atom is -0.464 e. The molecule has 1 atom stereocenters. The lowest BCUT2D eigenvalue weighted by molar-refractivity contribution is 0.609. The predicted molar refractivity (Wildman–Crippen MR) is 84.4 cm³/mol. The minimum absolute atomic E-state index is 0.0687.